The molecule has 4 nitrogen and oxygen atoms in total. The topological polar surface area (TPSA) is 63.6 Å². The number of rotatable bonds is 4. The van der Waals surface area contributed by atoms with Gasteiger partial charge in [-0.25, -0.2) is 4.79 Å². The summed E-state index contributed by atoms with van der Waals surface area (Å²) >= 11 is 0. The van der Waals surface area contributed by atoms with Gasteiger partial charge in [-0.05, 0) is 0 Å². The third-order valence-corrected chi connectivity index (χ3v) is 1.75. The predicted octanol–water partition coefficient (Wildman–Crippen LogP) is 1.48. The molecule has 0 amide bonds. The maximum atomic E-state index is 11.6. The molecule has 1 aromatic rings. The second-order valence-electron chi connectivity index (χ2n) is 2.77. The van der Waals surface area contributed by atoms with Crippen LogP contribution in [-0.4, -0.2) is 24.0 Å². The van der Waals surface area contributed by atoms with Gasteiger partial charge in [0.2, 0.25) is 5.78 Å². The molecular weight excluding hydrogens is 196 g/mol. The molecule has 1 N–H and O–H groups in total. The smallest absolute Gasteiger partial charge is 0.342 e. The van der Waals surface area contributed by atoms with Gasteiger partial charge in [0.1, 0.15) is 11.8 Å². The summed E-state index contributed by atoms with van der Waals surface area (Å²) in [7, 11) is 1.29. The van der Waals surface area contributed by atoms with Crippen molar-refractivity contribution in [2.75, 3.05) is 7.11 Å². The Labute approximate surface area is 86.8 Å². The zero-order chi connectivity index (χ0) is 11.3. The number of hydrogen-bond donors (Lipinski definition) is 1. The molecule has 0 atom stereocenters. The van der Waals surface area contributed by atoms with E-state index >= 15 is 0 Å². The van der Waals surface area contributed by atoms with Crippen molar-refractivity contribution in [1.82, 2.24) is 0 Å². The average molecular weight is 206 g/mol. The summed E-state index contributed by atoms with van der Waals surface area (Å²) in [6, 6.07) is 8.18. The largest absolute Gasteiger partial charge is 0.503 e. The molecule has 0 heterocycles. The van der Waals surface area contributed by atoms with Crippen molar-refractivity contribution < 1.29 is 19.4 Å². The Bertz CT molecular complexity index is 392. The fourth-order valence-corrected chi connectivity index (χ4v) is 1.06. The first-order valence-electron chi connectivity index (χ1n) is 4.23. The van der Waals surface area contributed by atoms with Gasteiger partial charge in [0.15, 0.2) is 0 Å². The molecular formula is C11H10O4. The van der Waals surface area contributed by atoms with Crippen LogP contribution in [-0.2, 0) is 9.53 Å². The number of hydrogen-bond acceptors (Lipinski definition) is 3. The summed E-state index contributed by atoms with van der Waals surface area (Å²) in [5.41, 5.74) is -0.0631. The number of carbonyl (C=O) groups excluding carboxylic acids is 1. The van der Waals surface area contributed by atoms with Crippen molar-refractivity contribution in [2.45, 2.75) is 0 Å². The molecule has 0 saturated heterocycles. The highest BCUT2D eigenvalue weighted by Gasteiger charge is 2.19. The summed E-state index contributed by atoms with van der Waals surface area (Å²) in [6.07, 6.45) is 0.928. The van der Waals surface area contributed by atoms with E-state index in [-0.39, 0.29) is 5.57 Å². The van der Waals surface area contributed by atoms with E-state index in [9.17, 15) is 9.59 Å². The minimum Gasteiger partial charge on any atom is -0.503 e. The van der Waals surface area contributed by atoms with Gasteiger partial charge in [-0.15, -0.1) is 0 Å². The molecule has 0 bridgehead atoms. The van der Waals surface area contributed by atoms with Crippen LogP contribution in [0.4, 0.5) is 0 Å². The van der Waals surface area contributed by atoms with E-state index < -0.39 is 11.8 Å². The molecule has 0 aliphatic rings. The molecule has 0 saturated carbocycles. The number of carboxylic acid groups (broad SMARTS) is 1. The van der Waals surface area contributed by atoms with Gasteiger partial charge in [0.25, 0.3) is 0 Å². The molecule has 15 heavy (non-hydrogen) atoms. The fraction of sp³-hybridized carbons (Fsp3) is 0.0909. The van der Waals surface area contributed by atoms with Crippen LogP contribution in [0.3, 0.4) is 0 Å². The van der Waals surface area contributed by atoms with Crippen molar-refractivity contribution >= 4 is 11.8 Å². The second-order valence-corrected chi connectivity index (χ2v) is 2.77. The lowest BCUT2D eigenvalue weighted by Gasteiger charge is -2.00. The molecule has 0 aliphatic carbocycles. The van der Waals surface area contributed by atoms with Gasteiger partial charge >= 0.3 is 5.97 Å². The molecule has 0 aromatic heterocycles. The van der Waals surface area contributed by atoms with Crippen LogP contribution in [0.25, 0.3) is 0 Å². The molecule has 78 valence electrons. The van der Waals surface area contributed by atoms with E-state index in [0.717, 1.165) is 6.26 Å². The quantitative estimate of drug-likeness (QED) is 0.266. The normalized spacial score (nSPS) is 10.9. The maximum Gasteiger partial charge on any atom is 0.342 e. The monoisotopic (exact) mass is 206 g/mol. The number of benzene rings is 1. The highest BCUT2D eigenvalue weighted by atomic mass is 16.5. The lowest BCUT2D eigenvalue weighted by molar-refractivity contribution is -0.132. The highest BCUT2D eigenvalue weighted by molar-refractivity contribution is 6.23. The van der Waals surface area contributed by atoms with E-state index in [4.69, 9.17) is 5.11 Å². The van der Waals surface area contributed by atoms with Crippen LogP contribution in [0.15, 0.2) is 42.2 Å². The third kappa shape index (κ3) is 2.67. The Hall–Kier alpha value is -2.10. The fourth-order valence-electron chi connectivity index (χ4n) is 1.06. The molecule has 0 unspecified atom stereocenters. The van der Waals surface area contributed by atoms with Gasteiger partial charge in [-0.3, -0.25) is 4.79 Å². The first-order valence-corrected chi connectivity index (χ1v) is 4.23. The van der Waals surface area contributed by atoms with E-state index in [0.29, 0.717) is 5.56 Å². The van der Waals surface area contributed by atoms with Crippen LogP contribution < -0.4 is 0 Å². The van der Waals surface area contributed by atoms with Crippen LogP contribution in [0, 0.1) is 0 Å². The Morgan fingerprint density at radius 2 is 1.87 bits per heavy atom. The summed E-state index contributed by atoms with van der Waals surface area (Å²) < 4.78 is 4.54. The Kier molecular flexibility index (Phi) is 3.62. The van der Waals surface area contributed by atoms with Crippen molar-refractivity contribution in [2.24, 2.45) is 0 Å². The van der Waals surface area contributed by atoms with Crippen molar-refractivity contribution in [3.8, 4) is 0 Å². The zero-order valence-electron chi connectivity index (χ0n) is 8.14. The summed E-state index contributed by atoms with van der Waals surface area (Å²) in [5.74, 6) is -1.87. The molecule has 0 spiro atoms. The van der Waals surface area contributed by atoms with Gasteiger partial charge in [-0.2, -0.15) is 0 Å². The SMILES string of the molecule is COC=C(C(=O)O)C(=O)c1ccccc1. The van der Waals surface area contributed by atoms with Crippen LogP contribution in [0.2, 0.25) is 0 Å². The molecule has 1 aromatic carbocycles. The summed E-state index contributed by atoms with van der Waals surface area (Å²) in [5, 5.41) is 8.77. The lowest BCUT2D eigenvalue weighted by atomic mass is 10.1. The molecule has 0 fully saturated rings. The van der Waals surface area contributed by atoms with Crippen molar-refractivity contribution in [3.05, 3.63) is 47.7 Å². The number of ketones is 1. The minimum absolute atomic E-state index is 0.322. The number of Topliss-reactive ketones (excluding diaryl/α,β-unsaturated/α-hetero) is 1. The standard InChI is InChI=1S/C11H10O4/c1-15-7-9(11(13)14)10(12)8-5-3-2-4-6-8/h2-7H,1H3,(H,13,14). The molecule has 1 rings (SSSR count). The molecule has 4 heteroatoms. The van der Waals surface area contributed by atoms with Gasteiger partial charge in [0, 0.05) is 5.56 Å². The van der Waals surface area contributed by atoms with Gasteiger partial charge in [-0.1, -0.05) is 30.3 Å². The zero-order valence-corrected chi connectivity index (χ0v) is 8.14. The minimum atomic E-state index is -1.30. The molecule has 0 aliphatic heterocycles. The van der Waals surface area contributed by atoms with Crippen LogP contribution in [0.5, 0.6) is 0 Å². The van der Waals surface area contributed by atoms with Crippen LogP contribution >= 0.6 is 0 Å². The number of carboxylic acids is 1. The van der Waals surface area contributed by atoms with Crippen LogP contribution in [0.1, 0.15) is 10.4 Å². The molecule has 0 radical (unpaired) electrons. The lowest BCUT2D eigenvalue weighted by Crippen LogP contribution is -2.12. The predicted molar refractivity (Wildman–Crippen MR) is 53.5 cm³/mol. The van der Waals surface area contributed by atoms with E-state index in [1.807, 2.05) is 0 Å². The summed E-state index contributed by atoms with van der Waals surface area (Å²) in [4.78, 5) is 22.4. The van der Waals surface area contributed by atoms with Crippen molar-refractivity contribution in [1.29, 1.82) is 0 Å². The number of carbonyl (C=O) groups is 2. The van der Waals surface area contributed by atoms with E-state index in [1.165, 1.54) is 7.11 Å². The maximum absolute atomic E-state index is 11.6. The second kappa shape index (κ2) is 4.95. The van der Waals surface area contributed by atoms with E-state index in [1.54, 1.807) is 30.3 Å². The first-order chi connectivity index (χ1) is 7.16. The Balaban J connectivity index is 3.02. The van der Waals surface area contributed by atoms with E-state index in [2.05, 4.69) is 4.74 Å². The number of methoxy groups -OCH3 is 1. The Morgan fingerprint density at radius 1 is 1.27 bits per heavy atom. The number of aliphatic carboxylic acids is 1. The van der Waals surface area contributed by atoms with Crippen molar-refractivity contribution in [3.63, 3.8) is 0 Å². The summed E-state index contributed by atoms with van der Waals surface area (Å²) in [6.45, 7) is 0. The first kappa shape index (κ1) is 11.0. The third-order valence-electron chi connectivity index (χ3n) is 1.75. The highest BCUT2D eigenvalue weighted by Crippen LogP contribution is 2.08. The Morgan fingerprint density at radius 3 is 2.33 bits per heavy atom. The van der Waals surface area contributed by atoms with Gasteiger partial charge < -0.3 is 9.84 Å². The van der Waals surface area contributed by atoms with Gasteiger partial charge in [0.05, 0.1) is 7.11 Å². The number of ether oxygens (including phenoxy) is 1. The average Bonchev–Trinajstić information content (AvgIpc) is 2.26.